The van der Waals surface area contributed by atoms with Gasteiger partial charge in [-0.3, -0.25) is 4.79 Å². The molecule has 0 atom stereocenters. The number of hydrogen-bond donors (Lipinski definition) is 1. The molecule has 92 valence electrons. The van der Waals surface area contributed by atoms with Crippen LogP contribution < -0.4 is 5.56 Å². The molecule has 1 heterocycles. The lowest BCUT2D eigenvalue weighted by atomic mass is 10.1. The summed E-state index contributed by atoms with van der Waals surface area (Å²) in [5.41, 5.74) is 1.70. The summed E-state index contributed by atoms with van der Waals surface area (Å²) in [5.74, 6) is -0.966. The van der Waals surface area contributed by atoms with Gasteiger partial charge in [0, 0.05) is 6.07 Å². The summed E-state index contributed by atoms with van der Waals surface area (Å²) in [6.45, 7) is 2.14. The second-order valence-electron chi connectivity index (χ2n) is 4.03. The number of carboxylic acids is 1. The first-order valence-corrected chi connectivity index (χ1v) is 5.42. The fourth-order valence-electron chi connectivity index (χ4n) is 1.57. The highest BCUT2D eigenvalue weighted by Crippen LogP contribution is 2.05. The zero-order valence-corrected chi connectivity index (χ0v) is 9.83. The second-order valence-corrected chi connectivity index (χ2v) is 4.03. The van der Waals surface area contributed by atoms with Gasteiger partial charge in [-0.1, -0.05) is 12.1 Å². The minimum Gasteiger partial charge on any atom is -0.478 e. The third kappa shape index (κ3) is 2.63. The molecule has 1 aromatic carbocycles. The number of nitrogens with zero attached hydrogens (tertiary/aromatic N) is 2. The molecular formula is C13H12N2O3. The molecule has 0 amide bonds. The highest BCUT2D eigenvalue weighted by atomic mass is 16.4. The fraction of sp³-hybridized carbons (Fsp3) is 0.154. The topological polar surface area (TPSA) is 72.2 Å². The largest absolute Gasteiger partial charge is 0.478 e. The Morgan fingerprint density at radius 2 is 2.00 bits per heavy atom. The monoisotopic (exact) mass is 244 g/mol. The van der Waals surface area contributed by atoms with Gasteiger partial charge in [-0.15, -0.1) is 0 Å². The van der Waals surface area contributed by atoms with Crippen LogP contribution in [0.15, 0.2) is 41.3 Å². The number of benzene rings is 1. The van der Waals surface area contributed by atoms with E-state index in [1.807, 2.05) is 0 Å². The third-order valence-corrected chi connectivity index (χ3v) is 2.54. The van der Waals surface area contributed by atoms with E-state index in [0.29, 0.717) is 6.54 Å². The van der Waals surface area contributed by atoms with Crippen molar-refractivity contribution < 1.29 is 9.90 Å². The van der Waals surface area contributed by atoms with E-state index in [1.54, 1.807) is 25.3 Å². The lowest BCUT2D eigenvalue weighted by Gasteiger charge is -2.05. The highest BCUT2D eigenvalue weighted by molar-refractivity contribution is 5.87. The molecule has 0 saturated heterocycles. The van der Waals surface area contributed by atoms with Crippen molar-refractivity contribution in [1.29, 1.82) is 0 Å². The molecule has 0 radical (unpaired) electrons. The summed E-state index contributed by atoms with van der Waals surface area (Å²) in [6.07, 6.45) is 1.62. The number of aromatic carboxylic acids is 1. The number of carbonyl (C=O) groups is 1. The van der Waals surface area contributed by atoms with Crippen LogP contribution in [0.25, 0.3) is 0 Å². The van der Waals surface area contributed by atoms with Crippen molar-refractivity contribution in [2.24, 2.45) is 0 Å². The smallest absolute Gasteiger partial charge is 0.335 e. The van der Waals surface area contributed by atoms with E-state index in [0.717, 1.165) is 11.1 Å². The molecule has 1 aromatic heterocycles. The summed E-state index contributed by atoms with van der Waals surface area (Å²) in [6, 6.07) is 7.89. The third-order valence-electron chi connectivity index (χ3n) is 2.54. The van der Waals surface area contributed by atoms with Gasteiger partial charge in [-0.2, -0.15) is 5.10 Å². The number of aromatic nitrogens is 2. The van der Waals surface area contributed by atoms with Gasteiger partial charge in [0.15, 0.2) is 0 Å². The van der Waals surface area contributed by atoms with Crippen LogP contribution in [0.1, 0.15) is 21.5 Å². The fourth-order valence-corrected chi connectivity index (χ4v) is 1.57. The molecular weight excluding hydrogens is 232 g/mol. The second kappa shape index (κ2) is 4.83. The Labute approximate surface area is 103 Å². The van der Waals surface area contributed by atoms with Gasteiger partial charge in [0.05, 0.1) is 18.3 Å². The zero-order chi connectivity index (χ0) is 13.1. The van der Waals surface area contributed by atoms with E-state index in [2.05, 4.69) is 5.10 Å². The molecule has 1 N–H and O–H groups in total. The molecule has 0 bridgehead atoms. The molecule has 0 aliphatic carbocycles. The standard InChI is InChI=1S/C13H12N2O3/c1-9-6-12(16)15(14-7-9)8-10-2-4-11(5-3-10)13(17)18/h2-7H,8H2,1H3,(H,17,18). The molecule has 0 aliphatic heterocycles. The maximum absolute atomic E-state index is 11.6. The minimum atomic E-state index is -0.966. The summed E-state index contributed by atoms with van der Waals surface area (Å²) in [7, 11) is 0. The van der Waals surface area contributed by atoms with E-state index in [4.69, 9.17) is 5.11 Å². The van der Waals surface area contributed by atoms with Gasteiger partial charge in [-0.25, -0.2) is 9.48 Å². The summed E-state index contributed by atoms with van der Waals surface area (Å²) >= 11 is 0. The van der Waals surface area contributed by atoms with Gasteiger partial charge in [0.1, 0.15) is 0 Å². The first-order valence-electron chi connectivity index (χ1n) is 5.42. The highest BCUT2D eigenvalue weighted by Gasteiger charge is 2.03. The van der Waals surface area contributed by atoms with Crippen LogP contribution in [-0.4, -0.2) is 20.9 Å². The molecule has 2 aromatic rings. The Bertz CT molecular complexity index is 629. The molecule has 5 nitrogen and oxygen atoms in total. The average molecular weight is 244 g/mol. The van der Waals surface area contributed by atoms with Gasteiger partial charge in [0.25, 0.3) is 5.56 Å². The van der Waals surface area contributed by atoms with Crippen molar-refractivity contribution >= 4 is 5.97 Å². The first kappa shape index (κ1) is 12.0. The lowest BCUT2D eigenvalue weighted by molar-refractivity contribution is 0.0697. The van der Waals surface area contributed by atoms with Gasteiger partial charge < -0.3 is 5.11 Å². The summed E-state index contributed by atoms with van der Waals surface area (Å²) in [5, 5.41) is 12.8. The molecule has 18 heavy (non-hydrogen) atoms. The molecule has 0 fully saturated rings. The van der Waals surface area contributed by atoms with Crippen LogP contribution in [0.4, 0.5) is 0 Å². The van der Waals surface area contributed by atoms with Crippen LogP contribution in [0.2, 0.25) is 0 Å². The maximum atomic E-state index is 11.6. The van der Waals surface area contributed by atoms with Crippen molar-refractivity contribution in [3.63, 3.8) is 0 Å². The maximum Gasteiger partial charge on any atom is 0.335 e. The van der Waals surface area contributed by atoms with E-state index < -0.39 is 5.97 Å². The molecule has 0 aliphatic rings. The van der Waals surface area contributed by atoms with Crippen molar-refractivity contribution in [2.75, 3.05) is 0 Å². The molecule has 2 rings (SSSR count). The number of aryl methyl sites for hydroxylation is 1. The van der Waals surface area contributed by atoms with Crippen molar-refractivity contribution in [3.05, 3.63) is 63.6 Å². The molecule has 5 heteroatoms. The van der Waals surface area contributed by atoms with Crippen LogP contribution >= 0.6 is 0 Å². The number of hydrogen-bond acceptors (Lipinski definition) is 3. The predicted molar refractivity (Wildman–Crippen MR) is 65.7 cm³/mol. The number of carboxylic acid groups (broad SMARTS) is 1. The SMILES string of the molecule is Cc1cnn(Cc2ccc(C(=O)O)cc2)c(=O)c1. The number of rotatable bonds is 3. The zero-order valence-electron chi connectivity index (χ0n) is 9.83. The molecule has 0 spiro atoms. The van der Waals surface area contributed by atoms with Crippen molar-refractivity contribution in [1.82, 2.24) is 9.78 Å². The first-order chi connectivity index (χ1) is 8.56. The van der Waals surface area contributed by atoms with E-state index in [-0.39, 0.29) is 11.1 Å². The van der Waals surface area contributed by atoms with Gasteiger partial charge in [-0.05, 0) is 30.2 Å². The normalized spacial score (nSPS) is 10.3. The Morgan fingerprint density at radius 3 is 2.56 bits per heavy atom. The predicted octanol–water partition coefficient (Wildman–Crippen LogP) is 1.30. The quantitative estimate of drug-likeness (QED) is 0.883. The Balaban J connectivity index is 2.23. The summed E-state index contributed by atoms with van der Waals surface area (Å²) in [4.78, 5) is 22.3. The van der Waals surface area contributed by atoms with Crippen LogP contribution in [-0.2, 0) is 6.54 Å². The summed E-state index contributed by atoms with van der Waals surface area (Å²) < 4.78 is 1.34. The van der Waals surface area contributed by atoms with Crippen molar-refractivity contribution in [2.45, 2.75) is 13.5 Å². The van der Waals surface area contributed by atoms with Crippen molar-refractivity contribution in [3.8, 4) is 0 Å². The lowest BCUT2D eigenvalue weighted by Crippen LogP contribution is -2.22. The molecule has 0 saturated carbocycles. The van der Waals surface area contributed by atoms with E-state index in [9.17, 15) is 9.59 Å². The van der Waals surface area contributed by atoms with Gasteiger partial charge >= 0.3 is 5.97 Å². The minimum absolute atomic E-state index is 0.169. The van der Waals surface area contributed by atoms with Crippen LogP contribution in [0, 0.1) is 6.92 Å². The molecule has 0 unspecified atom stereocenters. The average Bonchev–Trinajstić information content (AvgIpc) is 2.33. The Hall–Kier alpha value is -2.43. The van der Waals surface area contributed by atoms with Crippen LogP contribution in [0.5, 0.6) is 0 Å². The van der Waals surface area contributed by atoms with Gasteiger partial charge in [0.2, 0.25) is 0 Å². The van der Waals surface area contributed by atoms with E-state index in [1.165, 1.54) is 22.9 Å². The Morgan fingerprint density at radius 1 is 1.33 bits per heavy atom. The Kier molecular flexibility index (Phi) is 3.23. The van der Waals surface area contributed by atoms with E-state index >= 15 is 0 Å². The van der Waals surface area contributed by atoms with Crippen LogP contribution in [0.3, 0.4) is 0 Å².